The molecule has 0 bridgehead atoms. The predicted molar refractivity (Wildman–Crippen MR) is 94.7 cm³/mol. The van der Waals surface area contributed by atoms with E-state index in [1.165, 1.54) is 23.1 Å². The van der Waals surface area contributed by atoms with E-state index >= 15 is 0 Å². The Balaban J connectivity index is 1.83. The summed E-state index contributed by atoms with van der Waals surface area (Å²) >= 11 is 0. The summed E-state index contributed by atoms with van der Waals surface area (Å²) < 4.78 is 15.1. The molecule has 120 valence electrons. The Labute approximate surface area is 140 Å². The number of halogens is 1. The number of carbonyl (C=O) groups excluding carboxylic acids is 1. The Morgan fingerprint density at radius 2 is 1.83 bits per heavy atom. The number of hydrogen-bond acceptors (Lipinski definition) is 1. The van der Waals surface area contributed by atoms with Crippen LogP contribution >= 0.6 is 0 Å². The molecule has 1 aromatic heterocycles. The fourth-order valence-corrected chi connectivity index (χ4v) is 3.60. The van der Waals surface area contributed by atoms with Crippen molar-refractivity contribution in [3.8, 4) is 0 Å². The molecule has 1 aliphatic carbocycles. The Morgan fingerprint density at radius 1 is 1.08 bits per heavy atom. The van der Waals surface area contributed by atoms with Crippen LogP contribution in [0.3, 0.4) is 0 Å². The molecular weight excluding hydrogens is 301 g/mol. The third-order valence-electron chi connectivity index (χ3n) is 4.82. The smallest absolute Gasteiger partial charge is 0.205 e. The van der Waals surface area contributed by atoms with Gasteiger partial charge in [0.1, 0.15) is 5.82 Å². The van der Waals surface area contributed by atoms with Crippen LogP contribution in [-0.2, 0) is 13.5 Å². The molecule has 0 fully saturated rings. The number of aryl methyl sites for hydroxylation is 3. The van der Waals surface area contributed by atoms with Crippen molar-refractivity contribution in [2.75, 3.05) is 0 Å². The van der Waals surface area contributed by atoms with E-state index in [1.807, 2.05) is 17.7 Å². The summed E-state index contributed by atoms with van der Waals surface area (Å²) in [6.45, 7) is 2.07. The van der Waals surface area contributed by atoms with Crippen molar-refractivity contribution in [2.45, 2.75) is 19.8 Å². The van der Waals surface area contributed by atoms with Gasteiger partial charge in [0.05, 0.1) is 5.69 Å². The van der Waals surface area contributed by atoms with Crippen LogP contribution in [0.25, 0.3) is 17.0 Å². The number of benzene rings is 2. The molecule has 0 spiro atoms. The zero-order chi connectivity index (χ0) is 16.8. The van der Waals surface area contributed by atoms with Crippen molar-refractivity contribution in [2.24, 2.45) is 7.05 Å². The molecule has 1 heterocycles. The van der Waals surface area contributed by atoms with E-state index in [-0.39, 0.29) is 11.6 Å². The molecule has 0 saturated heterocycles. The van der Waals surface area contributed by atoms with Crippen molar-refractivity contribution in [1.29, 1.82) is 0 Å². The minimum atomic E-state index is -0.265. The summed E-state index contributed by atoms with van der Waals surface area (Å²) in [6.07, 6.45) is 3.46. The molecule has 4 rings (SSSR count). The highest BCUT2D eigenvalue weighted by Crippen LogP contribution is 2.34. The molecular formula is C21H18FNO. The molecule has 0 saturated carbocycles. The molecule has 24 heavy (non-hydrogen) atoms. The number of rotatable bonds is 1. The van der Waals surface area contributed by atoms with Crippen LogP contribution in [-0.4, -0.2) is 10.4 Å². The number of hydrogen-bond donors (Lipinski definition) is 0. The lowest BCUT2D eigenvalue weighted by Crippen LogP contribution is -2.16. The fraction of sp³-hybridized carbons (Fsp3) is 0.190. The van der Waals surface area contributed by atoms with Gasteiger partial charge in [-0.1, -0.05) is 23.8 Å². The lowest BCUT2D eigenvalue weighted by Gasteiger charge is -2.16. The quantitative estimate of drug-likeness (QED) is 0.588. The van der Waals surface area contributed by atoms with E-state index in [9.17, 15) is 9.18 Å². The van der Waals surface area contributed by atoms with E-state index in [0.717, 1.165) is 40.8 Å². The van der Waals surface area contributed by atoms with Crippen molar-refractivity contribution in [3.63, 3.8) is 0 Å². The number of fused-ring (bicyclic) bond motifs is 3. The zero-order valence-corrected chi connectivity index (χ0v) is 13.8. The van der Waals surface area contributed by atoms with Crippen molar-refractivity contribution < 1.29 is 9.18 Å². The van der Waals surface area contributed by atoms with E-state index in [1.54, 1.807) is 12.1 Å². The minimum Gasteiger partial charge on any atom is -0.341 e. The predicted octanol–water partition coefficient (Wildman–Crippen LogP) is 4.84. The molecule has 0 unspecified atom stereocenters. The van der Waals surface area contributed by atoms with Gasteiger partial charge in [-0.3, -0.25) is 4.79 Å². The largest absolute Gasteiger partial charge is 0.341 e. The van der Waals surface area contributed by atoms with E-state index in [2.05, 4.69) is 25.1 Å². The Hall–Kier alpha value is -2.68. The lowest BCUT2D eigenvalue weighted by atomic mass is 9.89. The number of aromatic nitrogens is 1. The average molecular weight is 319 g/mol. The molecule has 2 nitrogen and oxygen atoms in total. The van der Waals surface area contributed by atoms with Crippen molar-refractivity contribution in [3.05, 3.63) is 76.2 Å². The second kappa shape index (κ2) is 5.45. The highest BCUT2D eigenvalue weighted by Gasteiger charge is 2.27. The van der Waals surface area contributed by atoms with Gasteiger partial charge in [-0.15, -0.1) is 0 Å². The fourth-order valence-electron chi connectivity index (χ4n) is 3.60. The summed E-state index contributed by atoms with van der Waals surface area (Å²) in [4.78, 5) is 13.0. The number of nitrogens with zero attached hydrogens (tertiary/aromatic N) is 1. The third kappa shape index (κ3) is 2.28. The first-order chi connectivity index (χ1) is 11.5. The average Bonchev–Trinajstić information content (AvgIpc) is 2.85. The summed E-state index contributed by atoms with van der Waals surface area (Å²) in [7, 11) is 1.95. The van der Waals surface area contributed by atoms with Crippen LogP contribution < -0.4 is 0 Å². The normalized spacial score (nSPS) is 16.0. The highest BCUT2D eigenvalue weighted by atomic mass is 19.1. The van der Waals surface area contributed by atoms with Gasteiger partial charge in [0, 0.05) is 23.5 Å². The third-order valence-corrected chi connectivity index (χ3v) is 4.82. The van der Waals surface area contributed by atoms with Gasteiger partial charge in [0.2, 0.25) is 5.78 Å². The summed E-state index contributed by atoms with van der Waals surface area (Å²) in [6, 6.07) is 12.6. The highest BCUT2D eigenvalue weighted by molar-refractivity contribution is 6.15. The van der Waals surface area contributed by atoms with Crippen LogP contribution in [0.15, 0.2) is 48.0 Å². The topological polar surface area (TPSA) is 22.0 Å². The van der Waals surface area contributed by atoms with E-state index in [4.69, 9.17) is 0 Å². The zero-order valence-electron chi connectivity index (χ0n) is 13.8. The Morgan fingerprint density at radius 3 is 2.58 bits per heavy atom. The number of allylic oxidation sites excluding steroid dienone is 1. The minimum absolute atomic E-state index is 0.0805. The van der Waals surface area contributed by atoms with Crippen LogP contribution in [0.2, 0.25) is 0 Å². The Kier molecular flexibility index (Phi) is 3.38. The maximum absolute atomic E-state index is 13.1. The first kappa shape index (κ1) is 14.9. The van der Waals surface area contributed by atoms with Gasteiger partial charge >= 0.3 is 0 Å². The molecule has 3 aromatic rings. The number of ketones is 1. The van der Waals surface area contributed by atoms with Crippen LogP contribution in [0, 0.1) is 12.7 Å². The van der Waals surface area contributed by atoms with Gasteiger partial charge in [0.15, 0.2) is 0 Å². The SMILES string of the molecule is Cc1ccc2c(c1)c1c(n2C)C(=O)/C(=C/c2ccc(F)cc2)CC1. The van der Waals surface area contributed by atoms with Gasteiger partial charge in [-0.05, 0) is 61.2 Å². The first-order valence-corrected chi connectivity index (χ1v) is 8.13. The molecule has 2 aromatic carbocycles. The molecule has 0 aliphatic heterocycles. The van der Waals surface area contributed by atoms with Crippen molar-refractivity contribution >= 4 is 22.8 Å². The number of Topliss-reactive ketones (excluding diaryl/α,β-unsaturated/α-hetero) is 1. The van der Waals surface area contributed by atoms with E-state index in [0.29, 0.717) is 0 Å². The second-order valence-corrected chi connectivity index (χ2v) is 6.46. The van der Waals surface area contributed by atoms with Gasteiger partial charge in [-0.25, -0.2) is 4.39 Å². The Bertz CT molecular complexity index is 993. The second-order valence-electron chi connectivity index (χ2n) is 6.46. The number of carbonyl (C=O) groups is 1. The molecule has 0 N–H and O–H groups in total. The van der Waals surface area contributed by atoms with Gasteiger partial charge in [0.25, 0.3) is 0 Å². The molecule has 0 atom stereocenters. The van der Waals surface area contributed by atoms with Gasteiger partial charge in [-0.2, -0.15) is 0 Å². The molecule has 3 heteroatoms. The summed E-state index contributed by atoms with van der Waals surface area (Å²) in [5, 5.41) is 1.18. The summed E-state index contributed by atoms with van der Waals surface area (Å²) in [5.74, 6) is -0.185. The van der Waals surface area contributed by atoms with E-state index < -0.39 is 0 Å². The van der Waals surface area contributed by atoms with Crippen LogP contribution in [0.5, 0.6) is 0 Å². The molecule has 1 aliphatic rings. The standard InChI is InChI=1S/C21H18FNO/c1-13-3-10-19-18(11-13)17-9-6-15(21(24)20(17)23(19)2)12-14-4-7-16(22)8-5-14/h3-5,7-8,10-12H,6,9H2,1-2H3/b15-12+. The first-order valence-electron chi connectivity index (χ1n) is 8.13. The lowest BCUT2D eigenvalue weighted by molar-refractivity contribution is 0.101. The maximum atomic E-state index is 13.1. The maximum Gasteiger partial charge on any atom is 0.205 e. The van der Waals surface area contributed by atoms with Crippen LogP contribution in [0.4, 0.5) is 4.39 Å². The van der Waals surface area contributed by atoms with Crippen LogP contribution in [0.1, 0.15) is 33.6 Å². The molecule has 0 radical (unpaired) electrons. The van der Waals surface area contributed by atoms with Crippen molar-refractivity contribution in [1.82, 2.24) is 4.57 Å². The van der Waals surface area contributed by atoms with Gasteiger partial charge < -0.3 is 4.57 Å². The molecule has 0 amide bonds. The summed E-state index contributed by atoms with van der Waals surface area (Å²) in [5.41, 5.74) is 5.89. The monoisotopic (exact) mass is 319 g/mol.